The second-order valence-corrected chi connectivity index (χ2v) is 11.6. The summed E-state index contributed by atoms with van der Waals surface area (Å²) in [5.41, 5.74) is 10.6. The standard InChI is InChI=1S/C30H31ClN6O4/c1-16-24(31)8-9-25(34-16)23-15-36(35-27(23)18-4-5-18)20-11-17(12-20)14-33-19-6-7-21-22(13-19)30(41)37(29(21)40)26(28(32)39)3-2-10-38/h6-10,13,15,17-18,20,26,33H,2-5,11-12,14H2,1H3,(H2,32,39)/t17-,20-,26?. The fourth-order valence-electron chi connectivity index (χ4n) is 5.76. The van der Waals surface area contributed by atoms with E-state index in [-0.39, 0.29) is 24.0 Å². The average molecular weight is 575 g/mol. The molecule has 11 heteroatoms. The number of carbonyl (C=O) groups is 4. The highest BCUT2D eigenvalue weighted by Crippen LogP contribution is 2.45. The van der Waals surface area contributed by atoms with Crippen molar-refractivity contribution in [3.8, 4) is 11.3 Å². The molecule has 1 aliphatic heterocycles. The molecular formula is C30H31ClN6O4. The van der Waals surface area contributed by atoms with Gasteiger partial charge in [-0.3, -0.25) is 28.9 Å². The normalized spacial score (nSPS) is 20.5. The highest BCUT2D eigenvalue weighted by molar-refractivity contribution is 6.31. The number of aldehydes is 1. The second-order valence-electron chi connectivity index (χ2n) is 11.2. The molecule has 1 unspecified atom stereocenters. The fourth-order valence-corrected chi connectivity index (χ4v) is 5.87. The Kier molecular flexibility index (Phi) is 7.11. The number of amides is 3. The number of anilines is 1. The maximum absolute atomic E-state index is 13.1. The van der Waals surface area contributed by atoms with Crippen LogP contribution in [-0.4, -0.2) is 56.3 Å². The molecule has 0 bridgehead atoms. The molecule has 2 aromatic heterocycles. The van der Waals surface area contributed by atoms with Crippen LogP contribution >= 0.6 is 11.6 Å². The van der Waals surface area contributed by atoms with E-state index in [0.717, 1.165) is 58.9 Å². The zero-order valence-corrected chi connectivity index (χ0v) is 23.4. The summed E-state index contributed by atoms with van der Waals surface area (Å²) in [4.78, 5) is 54.2. The van der Waals surface area contributed by atoms with E-state index in [1.807, 2.05) is 19.1 Å². The third-order valence-corrected chi connectivity index (χ3v) is 8.72. The first-order chi connectivity index (χ1) is 19.7. The number of hydrogen-bond donors (Lipinski definition) is 2. The van der Waals surface area contributed by atoms with Gasteiger partial charge in [0.2, 0.25) is 5.91 Å². The predicted molar refractivity (Wildman–Crippen MR) is 153 cm³/mol. The number of pyridine rings is 1. The largest absolute Gasteiger partial charge is 0.385 e. The van der Waals surface area contributed by atoms with E-state index in [0.29, 0.717) is 35.7 Å². The number of primary amides is 1. The molecule has 3 aromatic rings. The molecule has 3 amide bonds. The van der Waals surface area contributed by atoms with Gasteiger partial charge in [0.25, 0.3) is 11.8 Å². The maximum atomic E-state index is 13.1. The van der Waals surface area contributed by atoms with E-state index in [2.05, 4.69) is 16.2 Å². The molecule has 1 aromatic carbocycles. The van der Waals surface area contributed by atoms with Crippen LogP contribution in [0.3, 0.4) is 0 Å². The minimum Gasteiger partial charge on any atom is -0.385 e. The molecule has 2 saturated carbocycles. The zero-order valence-electron chi connectivity index (χ0n) is 22.7. The van der Waals surface area contributed by atoms with Gasteiger partial charge in [-0.05, 0) is 75.3 Å². The summed E-state index contributed by atoms with van der Waals surface area (Å²) in [6, 6.07) is 8.01. The summed E-state index contributed by atoms with van der Waals surface area (Å²) < 4.78 is 2.10. The summed E-state index contributed by atoms with van der Waals surface area (Å²) >= 11 is 6.20. The summed E-state index contributed by atoms with van der Waals surface area (Å²) in [7, 11) is 0. The molecule has 0 saturated heterocycles. The van der Waals surface area contributed by atoms with Crippen LogP contribution in [-0.2, 0) is 9.59 Å². The number of aromatic nitrogens is 3. The number of hydrogen-bond acceptors (Lipinski definition) is 7. The molecule has 2 aliphatic carbocycles. The monoisotopic (exact) mass is 574 g/mol. The van der Waals surface area contributed by atoms with E-state index in [9.17, 15) is 19.2 Å². The molecule has 0 spiro atoms. The Morgan fingerprint density at radius 3 is 2.59 bits per heavy atom. The minimum absolute atomic E-state index is 0.00794. The molecule has 3 heterocycles. The first kappa shape index (κ1) is 27.1. The average Bonchev–Trinajstić information content (AvgIpc) is 3.64. The van der Waals surface area contributed by atoms with Crippen LogP contribution in [0.1, 0.15) is 82.6 Å². The van der Waals surface area contributed by atoms with Crippen LogP contribution in [0.4, 0.5) is 5.69 Å². The first-order valence-electron chi connectivity index (χ1n) is 14.0. The Morgan fingerprint density at radius 2 is 1.90 bits per heavy atom. The summed E-state index contributed by atoms with van der Waals surface area (Å²) in [5, 5.41) is 9.03. The molecule has 10 nitrogen and oxygen atoms in total. The molecule has 41 heavy (non-hydrogen) atoms. The van der Waals surface area contributed by atoms with E-state index >= 15 is 0 Å². The third-order valence-electron chi connectivity index (χ3n) is 8.32. The number of fused-ring (bicyclic) bond motifs is 1. The van der Waals surface area contributed by atoms with Gasteiger partial charge in [-0.25, -0.2) is 0 Å². The van der Waals surface area contributed by atoms with Gasteiger partial charge in [0, 0.05) is 36.3 Å². The molecule has 2 fully saturated rings. The summed E-state index contributed by atoms with van der Waals surface area (Å²) in [6.45, 7) is 2.63. The van der Waals surface area contributed by atoms with Crippen molar-refractivity contribution in [1.82, 2.24) is 19.7 Å². The number of carbonyl (C=O) groups excluding carboxylic acids is 4. The molecule has 6 rings (SSSR count). The Bertz CT molecular complexity index is 1560. The van der Waals surface area contributed by atoms with Gasteiger partial charge < -0.3 is 15.8 Å². The number of benzene rings is 1. The minimum atomic E-state index is -1.15. The van der Waals surface area contributed by atoms with Gasteiger partial charge in [0.15, 0.2) is 0 Å². The van der Waals surface area contributed by atoms with Gasteiger partial charge in [-0.15, -0.1) is 0 Å². The summed E-state index contributed by atoms with van der Waals surface area (Å²) in [6.07, 6.45) is 7.04. The van der Waals surface area contributed by atoms with E-state index in [1.165, 1.54) is 0 Å². The highest BCUT2D eigenvalue weighted by Gasteiger charge is 2.42. The predicted octanol–water partition coefficient (Wildman–Crippen LogP) is 4.28. The van der Waals surface area contributed by atoms with Crippen LogP contribution in [0.25, 0.3) is 11.3 Å². The number of nitrogens with one attached hydrogen (secondary N) is 1. The van der Waals surface area contributed by atoms with Crippen LogP contribution in [0, 0.1) is 12.8 Å². The molecule has 3 aliphatic rings. The highest BCUT2D eigenvalue weighted by atomic mass is 35.5. The van der Waals surface area contributed by atoms with Crippen LogP contribution in [0.2, 0.25) is 5.02 Å². The van der Waals surface area contributed by atoms with Crippen molar-refractivity contribution < 1.29 is 19.2 Å². The fraction of sp³-hybridized carbons (Fsp3) is 0.400. The lowest BCUT2D eigenvalue weighted by Crippen LogP contribution is -2.47. The smallest absolute Gasteiger partial charge is 0.262 e. The van der Waals surface area contributed by atoms with E-state index in [1.54, 1.807) is 18.2 Å². The molecule has 212 valence electrons. The number of rotatable bonds is 11. The van der Waals surface area contributed by atoms with Crippen molar-refractivity contribution in [2.24, 2.45) is 11.7 Å². The second kappa shape index (κ2) is 10.7. The number of aryl methyl sites for hydroxylation is 1. The maximum Gasteiger partial charge on any atom is 0.262 e. The first-order valence-corrected chi connectivity index (χ1v) is 14.3. The lowest BCUT2D eigenvalue weighted by molar-refractivity contribution is -0.122. The number of imide groups is 1. The lowest BCUT2D eigenvalue weighted by atomic mass is 9.80. The van der Waals surface area contributed by atoms with Crippen molar-refractivity contribution in [2.45, 2.75) is 63.5 Å². The molecule has 3 N–H and O–H groups in total. The molecule has 1 atom stereocenters. The topological polar surface area (TPSA) is 140 Å². The molecular weight excluding hydrogens is 544 g/mol. The van der Waals surface area contributed by atoms with Gasteiger partial charge in [0.1, 0.15) is 12.3 Å². The zero-order chi connectivity index (χ0) is 28.8. The van der Waals surface area contributed by atoms with Crippen LogP contribution in [0.15, 0.2) is 36.5 Å². The number of nitrogens with two attached hydrogens (primary N) is 1. The van der Waals surface area contributed by atoms with Crippen molar-refractivity contribution >= 4 is 41.3 Å². The summed E-state index contributed by atoms with van der Waals surface area (Å²) in [5.74, 6) is -1.03. The Labute approximate surface area is 242 Å². The Morgan fingerprint density at radius 1 is 1.15 bits per heavy atom. The van der Waals surface area contributed by atoms with Gasteiger partial charge >= 0.3 is 0 Å². The Hall–Kier alpha value is -4.05. The number of halogens is 1. The SMILES string of the molecule is Cc1nc(-c2cn([C@H]3C[C@H](CNc4ccc5c(c4)C(=O)N(C(CCC=O)C(N)=O)C5=O)C3)nc2C2CC2)ccc1Cl. The quantitative estimate of drug-likeness (QED) is 0.257. The van der Waals surface area contributed by atoms with Crippen molar-refractivity contribution in [3.05, 3.63) is 64.1 Å². The van der Waals surface area contributed by atoms with Crippen LogP contribution in [0.5, 0.6) is 0 Å². The van der Waals surface area contributed by atoms with Gasteiger partial charge in [-0.2, -0.15) is 5.10 Å². The van der Waals surface area contributed by atoms with Gasteiger partial charge in [-0.1, -0.05) is 11.6 Å². The van der Waals surface area contributed by atoms with Crippen molar-refractivity contribution in [1.29, 1.82) is 0 Å². The number of nitrogens with zero attached hydrogens (tertiary/aromatic N) is 4. The van der Waals surface area contributed by atoms with E-state index in [4.69, 9.17) is 27.4 Å². The lowest BCUT2D eigenvalue weighted by Gasteiger charge is -2.35. The molecule has 0 radical (unpaired) electrons. The van der Waals surface area contributed by atoms with Crippen LogP contribution < -0.4 is 11.1 Å². The third kappa shape index (κ3) is 5.12. The van der Waals surface area contributed by atoms with Gasteiger partial charge in [0.05, 0.1) is 39.3 Å². The van der Waals surface area contributed by atoms with Crippen molar-refractivity contribution in [3.63, 3.8) is 0 Å². The Balaban J connectivity index is 1.09. The van der Waals surface area contributed by atoms with E-state index < -0.39 is 23.8 Å². The van der Waals surface area contributed by atoms with Crippen molar-refractivity contribution in [2.75, 3.05) is 11.9 Å².